The Hall–Kier alpha value is 0.0500. The van der Waals surface area contributed by atoms with Gasteiger partial charge < -0.3 is 5.32 Å². The standard InChI is InChI=1S/C14H25BrN2O2S2/c1-6-7-14(4,5)17-21(18,19)12-8-11(20-13(12)15)9-16-10(2)3/h8,10,16-17H,6-7,9H2,1-5H3. The maximum Gasteiger partial charge on any atom is 0.243 e. The van der Waals surface area contributed by atoms with Crippen molar-refractivity contribution in [2.24, 2.45) is 0 Å². The molecule has 0 spiro atoms. The predicted molar refractivity (Wildman–Crippen MR) is 93.3 cm³/mol. The molecule has 1 heterocycles. The summed E-state index contributed by atoms with van der Waals surface area (Å²) in [5.41, 5.74) is -0.439. The molecule has 0 aliphatic heterocycles. The van der Waals surface area contributed by atoms with Crippen LogP contribution in [0, 0.1) is 0 Å². The zero-order chi connectivity index (χ0) is 16.3. The first-order valence-corrected chi connectivity index (χ1v) is 10.2. The van der Waals surface area contributed by atoms with E-state index in [1.165, 1.54) is 11.3 Å². The van der Waals surface area contributed by atoms with Crippen LogP contribution in [0.1, 0.15) is 52.3 Å². The molecule has 0 aliphatic rings. The van der Waals surface area contributed by atoms with E-state index in [0.717, 1.165) is 17.7 Å². The summed E-state index contributed by atoms with van der Waals surface area (Å²) in [7, 11) is -3.50. The highest BCUT2D eigenvalue weighted by atomic mass is 79.9. The van der Waals surface area contributed by atoms with Gasteiger partial charge in [0.1, 0.15) is 4.90 Å². The quantitative estimate of drug-likeness (QED) is 0.700. The molecule has 0 amide bonds. The molecule has 0 aliphatic carbocycles. The molecular formula is C14H25BrN2O2S2. The summed E-state index contributed by atoms with van der Waals surface area (Å²) in [6.45, 7) is 10.7. The first-order chi connectivity index (χ1) is 9.57. The van der Waals surface area contributed by atoms with Gasteiger partial charge in [-0.25, -0.2) is 13.1 Å². The van der Waals surface area contributed by atoms with Crippen LogP contribution in [-0.2, 0) is 16.6 Å². The molecular weight excluding hydrogens is 372 g/mol. The van der Waals surface area contributed by atoms with Crippen LogP contribution >= 0.6 is 27.3 Å². The van der Waals surface area contributed by atoms with Gasteiger partial charge in [-0.05, 0) is 42.3 Å². The van der Waals surface area contributed by atoms with Gasteiger partial charge in [0.05, 0.1) is 3.79 Å². The van der Waals surface area contributed by atoms with Gasteiger partial charge in [-0.15, -0.1) is 11.3 Å². The summed E-state index contributed by atoms with van der Waals surface area (Å²) in [5, 5.41) is 3.30. The molecule has 1 aromatic heterocycles. The summed E-state index contributed by atoms with van der Waals surface area (Å²) in [5.74, 6) is 0. The van der Waals surface area contributed by atoms with Gasteiger partial charge in [0.2, 0.25) is 10.0 Å². The molecule has 0 unspecified atom stereocenters. The zero-order valence-corrected chi connectivity index (χ0v) is 16.5. The van der Waals surface area contributed by atoms with E-state index in [2.05, 4.69) is 39.8 Å². The molecule has 7 heteroatoms. The van der Waals surface area contributed by atoms with Gasteiger partial charge >= 0.3 is 0 Å². The van der Waals surface area contributed by atoms with Crippen molar-refractivity contribution in [3.05, 3.63) is 14.7 Å². The first kappa shape index (κ1) is 19.1. The molecule has 1 rings (SSSR count). The fraction of sp³-hybridized carbons (Fsp3) is 0.714. The fourth-order valence-corrected chi connectivity index (χ4v) is 6.14. The number of sulfonamides is 1. The second-order valence-electron chi connectivity index (χ2n) is 6.13. The van der Waals surface area contributed by atoms with Crippen LogP contribution in [0.4, 0.5) is 0 Å². The Bertz CT molecular complexity index is 566. The van der Waals surface area contributed by atoms with Crippen molar-refractivity contribution in [1.29, 1.82) is 0 Å². The third-order valence-corrected chi connectivity index (χ3v) is 6.92. The van der Waals surface area contributed by atoms with Crippen LogP contribution in [0.3, 0.4) is 0 Å². The monoisotopic (exact) mass is 396 g/mol. The summed E-state index contributed by atoms with van der Waals surface area (Å²) in [6, 6.07) is 2.11. The number of rotatable bonds is 8. The lowest BCUT2D eigenvalue weighted by Gasteiger charge is -2.25. The predicted octanol–water partition coefficient (Wildman–Crippen LogP) is 3.87. The van der Waals surface area contributed by atoms with Gasteiger partial charge in [0, 0.05) is 23.0 Å². The van der Waals surface area contributed by atoms with Gasteiger partial charge in [0.25, 0.3) is 0 Å². The van der Waals surface area contributed by atoms with Crippen LogP contribution in [0.5, 0.6) is 0 Å². The van der Waals surface area contributed by atoms with Crippen LogP contribution in [0.25, 0.3) is 0 Å². The van der Waals surface area contributed by atoms with E-state index in [1.807, 2.05) is 20.8 Å². The molecule has 122 valence electrons. The highest BCUT2D eigenvalue weighted by molar-refractivity contribution is 9.11. The molecule has 2 N–H and O–H groups in total. The normalized spacial score (nSPS) is 13.1. The maximum atomic E-state index is 12.5. The Morgan fingerprint density at radius 1 is 1.38 bits per heavy atom. The minimum Gasteiger partial charge on any atom is -0.310 e. The van der Waals surface area contributed by atoms with Gasteiger partial charge in [-0.3, -0.25) is 0 Å². The molecule has 0 fully saturated rings. The third kappa shape index (κ3) is 5.98. The van der Waals surface area contributed by atoms with Crippen molar-refractivity contribution in [1.82, 2.24) is 10.0 Å². The molecule has 0 radical (unpaired) electrons. The molecule has 0 saturated carbocycles. The summed E-state index contributed by atoms with van der Waals surface area (Å²) >= 11 is 4.84. The largest absolute Gasteiger partial charge is 0.310 e. The lowest BCUT2D eigenvalue weighted by atomic mass is 10.0. The molecule has 0 bridgehead atoms. The third-order valence-electron chi connectivity index (χ3n) is 2.97. The molecule has 1 aromatic rings. The zero-order valence-electron chi connectivity index (χ0n) is 13.3. The minimum absolute atomic E-state index is 0.331. The van der Waals surface area contributed by atoms with E-state index in [0.29, 0.717) is 21.3 Å². The second-order valence-corrected chi connectivity index (χ2v) is 10.2. The SMILES string of the molecule is CCCC(C)(C)NS(=O)(=O)c1cc(CNC(C)C)sc1Br. The van der Waals surface area contributed by atoms with Crippen molar-refractivity contribution >= 4 is 37.3 Å². The Morgan fingerprint density at radius 2 is 2.00 bits per heavy atom. The average molecular weight is 397 g/mol. The molecule has 0 saturated heterocycles. The van der Waals surface area contributed by atoms with Crippen molar-refractivity contribution < 1.29 is 8.42 Å². The number of thiophene rings is 1. The van der Waals surface area contributed by atoms with Gasteiger partial charge in [-0.2, -0.15) is 0 Å². The molecule has 0 atom stereocenters. The summed E-state index contributed by atoms with van der Waals surface area (Å²) in [4.78, 5) is 1.33. The topological polar surface area (TPSA) is 58.2 Å². The van der Waals surface area contributed by atoms with E-state index in [-0.39, 0.29) is 0 Å². The smallest absolute Gasteiger partial charge is 0.243 e. The van der Waals surface area contributed by atoms with E-state index in [4.69, 9.17) is 0 Å². The highest BCUT2D eigenvalue weighted by Gasteiger charge is 2.28. The Labute approximate surface area is 140 Å². The fourth-order valence-electron chi connectivity index (χ4n) is 2.07. The minimum atomic E-state index is -3.50. The Morgan fingerprint density at radius 3 is 2.52 bits per heavy atom. The van der Waals surface area contributed by atoms with Gasteiger partial charge in [0.15, 0.2) is 0 Å². The summed E-state index contributed by atoms with van der Waals surface area (Å²) < 4.78 is 28.5. The van der Waals surface area contributed by atoms with E-state index in [9.17, 15) is 8.42 Å². The lowest BCUT2D eigenvalue weighted by molar-refractivity contribution is 0.417. The number of halogens is 1. The maximum absolute atomic E-state index is 12.5. The lowest BCUT2D eigenvalue weighted by Crippen LogP contribution is -2.43. The van der Waals surface area contributed by atoms with Crippen molar-refractivity contribution in [3.63, 3.8) is 0 Å². The molecule has 21 heavy (non-hydrogen) atoms. The van der Waals surface area contributed by atoms with E-state index in [1.54, 1.807) is 6.07 Å². The van der Waals surface area contributed by atoms with Crippen molar-refractivity contribution in [2.45, 2.75) is 70.5 Å². The van der Waals surface area contributed by atoms with Crippen LogP contribution in [0.15, 0.2) is 14.7 Å². The molecule has 4 nitrogen and oxygen atoms in total. The van der Waals surface area contributed by atoms with Crippen LogP contribution in [0.2, 0.25) is 0 Å². The summed E-state index contributed by atoms with van der Waals surface area (Å²) in [6.07, 6.45) is 1.74. The number of hydrogen-bond donors (Lipinski definition) is 2. The van der Waals surface area contributed by atoms with Crippen molar-refractivity contribution in [2.75, 3.05) is 0 Å². The van der Waals surface area contributed by atoms with Gasteiger partial charge in [-0.1, -0.05) is 27.2 Å². The second kappa shape index (κ2) is 7.55. The first-order valence-electron chi connectivity index (χ1n) is 7.13. The number of hydrogen-bond acceptors (Lipinski definition) is 4. The number of nitrogens with one attached hydrogen (secondary N) is 2. The average Bonchev–Trinajstić information content (AvgIpc) is 2.67. The van der Waals surface area contributed by atoms with Crippen LogP contribution < -0.4 is 10.0 Å². The van der Waals surface area contributed by atoms with Crippen molar-refractivity contribution in [3.8, 4) is 0 Å². The van der Waals surface area contributed by atoms with E-state index < -0.39 is 15.6 Å². The Balaban J connectivity index is 2.93. The van der Waals surface area contributed by atoms with E-state index >= 15 is 0 Å². The van der Waals surface area contributed by atoms with Crippen LogP contribution in [-0.4, -0.2) is 20.0 Å². The highest BCUT2D eigenvalue weighted by Crippen LogP contribution is 2.32. The molecule has 0 aromatic carbocycles. The Kier molecular flexibility index (Phi) is 6.86.